The molecule has 192 valence electrons. The third kappa shape index (κ3) is 7.97. The summed E-state index contributed by atoms with van der Waals surface area (Å²) < 4.78 is 26.7. The van der Waals surface area contributed by atoms with Crippen LogP contribution in [0.5, 0.6) is 0 Å². The fourth-order valence-corrected chi connectivity index (χ4v) is 5.08. The van der Waals surface area contributed by atoms with Crippen molar-refractivity contribution in [3.8, 4) is 0 Å². The number of halogens is 1. The molecule has 0 unspecified atom stereocenters. The second-order valence-corrected chi connectivity index (χ2v) is 11.1. The van der Waals surface area contributed by atoms with E-state index >= 15 is 0 Å². The summed E-state index contributed by atoms with van der Waals surface area (Å²) in [6.07, 6.45) is 3.25. The Balaban J connectivity index is 2.45. The second-order valence-electron chi connectivity index (χ2n) is 8.73. The van der Waals surface area contributed by atoms with E-state index in [1.807, 2.05) is 45.9 Å². The fraction of sp³-hybridized carbons (Fsp3) is 0.462. The highest BCUT2D eigenvalue weighted by Gasteiger charge is 2.32. The minimum atomic E-state index is -3.77. The molecule has 0 saturated carbocycles. The summed E-state index contributed by atoms with van der Waals surface area (Å²) in [5.41, 5.74) is 2.77. The van der Waals surface area contributed by atoms with Gasteiger partial charge in [-0.3, -0.25) is 13.9 Å². The van der Waals surface area contributed by atoms with E-state index in [-0.39, 0.29) is 12.5 Å². The number of sulfonamides is 1. The highest BCUT2D eigenvalue weighted by atomic mass is 35.5. The third-order valence-electron chi connectivity index (χ3n) is 5.85. The molecule has 0 fully saturated rings. The lowest BCUT2D eigenvalue weighted by atomic mass is 10.1. The first-order chi connectivity index (χ1) is 16.5. The van der Waals surface area contributed by atoms with Crippen LogP contribution in [0, 0.1) is 13.8 Å². The minimum Gasteiger partial charge on any atom is -0.354 e. The number of anilines is 1. The van der Waals surface area contributed by atoms with Gasteiger partial charge < -0.3 is 10.2 Å². The van der Waals surface area contributed by atoms with E-state index in [2.05, 4.69) is 5.32 Å². The van der Waals surface area contributed by atoms with Crippen LogP contribution >= 0.6 is 11.6 Å². The van der Waals surface area contributed by atoms with Gasteiger partial charge in [0.05, 0.1) is 11.9 Å². The van der Waals surface area contributed by atoms with E-state index in [1.54, 1.807) is 24.3 Å². The first kappa shape index (κ1) is 28.7. The van der Waals surface area contributed by atoms with Crippen molar-refractivity contribution in [3.05, 3.63) is 64.2 Å². The number of rotatable bonds is 12. The number of unbranched alkanes of at least 4 members (excludes halogenated alkanes) is 1. The van der Waals surface area contributed by atoms with Gasteiger partial charge in [-0.1, -0.05) is 62.2 Å². The number of carbonyl (C=O) groups is 2. The number of aryl methyl sites for hydroxylation is 2. The Morgan fingerprint density at radius 2 is 1.63 bits per heavy atom. The quantitative estimate of drug-likeness (QED) is 0.418. The Morgan fingerprint density at radius 3 is 2.14 bits per heavy atom. The van der Waals surface area contributed by atoms with Gasteiger partial charge in [0.25, 0.3) is 0 Å². The molecule has 2 aromatic carbocycles. The molecule has 9 heteroatoms. The third-order valence-corrected chi connectivity index (χ3v) is 7.21. The van der Waals surface area contributed by atoms with Crippen molar-refractivity contribution >= 4 is 39.1 Å². The standard InChI is InChI=1S/C26H36ClN3O4S/c1-6-8-16-28-26(32)23(7-2)29(17-21-12-14-22(27)15-13-21)24(31)18-30(35(5,33)34)25-19(3)10-9-11-20(25)4/h9-15,23H,6-8,16-18H2,1-5H3,(H,28,32)/t23-/m1/s1. The molecule has 7 nitrogen and oxygen atoms in total. The van der Waals surface area contributed by atoms with Crippen LogP contribution in [-0.2, 0) is 26.2 Å². The number of para-hydroxylation sites is 1. The predicted molar refractivity (Wildman–Crippen MR) is 142 cm³/mol. The molecule has 2 aromatic rings. The maximum Gasteiger partial charge on any atom is 0.244 e. The molecule has 0 aliphatic rings. The summed E-state index contributed by atoms with van der Waals surface area (Å²) >= 11 is 6.02. The predicted octanol–water partition coefficient (Wildman–Crippen LogP) is 4.45. The number of nitrogens with zero attached hydrogens (tertiary/aromatic N) is 2. The summed E-state index contributed by atoms with van der Waals surface area (Å²) in [6, 6.07) is 11.8. The highest BCUT2D eigenvalue weighted by molar-refractivity contribution is 7.92. The number of nitrogens with one attached hydrogen (secondary N) is 1. The van der Waals surface area contributed by atoms with Crippen LogP contribution in [0.4, 0.5) is 5.69 Å². The van der Waals surface area contributed by atoms with Crippen LogP contribution in [-0.4, -0.2) is 50.5 Å². The van der Waals surface area contributed by atoms with Gasteiger partial charge in [0.15, 0.2) is 0 Å². The Labute approximate surface area is 214 Å². The van der Waals surface area contributed by atoms with Crippen LogP contribution < -0.4 is 9.62 Å². The number of carbonyl (C=O) groups excluding carboxylic acids is 2. The van der Waals surface area contributed by atoms with Gasteiger partial charge in [-0.25, -0.2) is 8.42 Å². The lowest BCUT2D eigenvalue weighted by molar-refractivity contribution is -0.140. The molecule has 0 aliphatic heterocycles. The number of hydrogen-bond donors (Lipinski definition) is 1. The van der Waals surface area contributed by atoms with Gasteiger partial charge in [-0.05, 0) is 55.5 Å². The maximum atomic E-state index is 13.7. The maximum absolute atomic E-state index is 13.7. The summed E-state index contributed by atoms with van der Waals surface area (Å²) in [4.78, 5) is 28.2. The smallest absolute Gasteiger partial charge is 0.244 e. The van der Waals surface area contributed by atoms with E-state index in [0.717, 1.165) is 40.1 Å². The molecule has 1 atom stereocenters. The van der Waals surface area contributed by atoms with Crippen molar-refractivity contribution in [1.29, 1.82) is 0 Å². The van der Waals surface area contributed by atoms with E-state index in [0.29, 0.717) is 23.7 Å². The molecular weight excluding hydrogens is 486 g/mol. The molecule has 2 rings (SSSR count). The Hall–Kier alpha value is -2.58. The molecule has 1 N–H and O–H groups in total. The lowest BCUT2D eigenvalue weighted by Crippen LogP contribution is -2.52. The Morgan fingerprint density at radius 1 is 1.03 bits per heavy atom. The molecule has 0 heterocycles. The van der Waals surface area contributed by atoms with E-state index in [1.165, 1.54) is 4.90 Å². The molecule has 0 saturated heterocycles. The summed E-state index contributed by atoms with van der Waals surface area (Å²) in [6.45, 7) is 7.77. The fourth-order valence-electron chi connectivity index (χ4n) is 3.99. The second kappa shape index (κ2) is 12.9. The molecular formula is C26H36ClN3O4S. The number of amides is 2. The first-order valence-electron chi connectivity index (χ1n) is 11.8. The van der Waals surface area contributed by atoms with Gasteiger partial charge in [0, 0.05) is 18.1 Å². The number of hydrogen-bond acceptors (Lipinski definition) is 4. The van der Waals surface area contributed by atoms with Gasteiger partial charge in [-0.15, -0.1) is 0 Å². The summed E-state index contributed by atoms with van der Waals surface area (Å²) in [5, 5.41) is 3.48. The van der Waals surface area contributed by atoms with Crippen molar-refractivity contribution in [3.63, 3.8) is 0 Å². The van der Waals surface area contributed by atoms with Crippen LogP contribution in [0.25, 0.3) is 0 Å². The normalized spacial score (nSPS) is 12.2. The molecule has 0 aromatic heterocycles. The van der Waals surface area contributed by atoms with Gasteiger partial charge >= 0.3 is 0 Å². The minimum absolute atomic E-state index is 0.153. The zero-order chi connectivity index (χ0) is 26.2. The van der Waals surface area contributed by atoms with Crippen molar-refractivity contribution in [2.24, 2.45) is 0 Å². The molecule has 0 spiro atoms. The van der Waals surface area contributed by atoms with Crippen molar-refractivity contribution in [1.82, 2.24) is 10.2 Å². The lowest BCUT2D eigenvalue weighted by Gasteiger charge is -2.33. The van der Waals surface area contributed by atoms with E-state index in [4.69, 9.17) is 11.6 Å². The van der Waals surface area contributed by atoms with Crippen molar-refractivity contribution in [2.45, 2.75) is 59.5 Å². The van der Waals surface area contributed by atoms with Crippen LogP contribution in [0.3, 0.4) is 0 Å². The Kier molecular flexibility index (Phi) is 10.6. The van der Waals surface area contributed by atoms with Crippen molar-refractivity contribution in [2.75, 3.05) is 23.7 Å². The monoisotopic (exact) mass is 521 g/mol. The average Bonchev–Trinajstić information content (AvgIpc) is 2.78. The Bertz CT molecular complexity index is 1100. The van der Waals surface area contributed by atoms with Crippen LogP contribution in [0.15, 0.2) is 42.5 Å². The first-order valence-corrected chi connectivity index (χ1v) is 14.1. The zero-order valence-corrected chi connectivity index (χ0v) is 22.7. The van der Waals surface area contributed by atoms with E-state index < -0.39 is 28.5 Å². The largest absolute Gasteiger partial charge is 0.354 e. The molecule has 0 aliphatic carbocycles. The van der Waals surface area contributed by atoms with Crippen LogP contribution in [0.2, 0.25) is 5.02 Å². The molecule has 35 heavy (non-hydrogen) atoms. The molecule has 2 amide bonds. The van der Waals surface area contributed by atoms with Gasteiger partial charge in [-0.2, -0.15) is 0 Å². The molecule has 0 bridgehead atoms. The van der Waals surface area contributed by atoms with E-state index in [9.17, 15) is 18.0 Å². The SMILES string of the molecule is CCCCNC(=O)[C@@H](CC)N(Cc1ccc(Cl)cc1)C(=O)CN(c1c(C)cccc1C)S(C)(=O)=O. The average molecular weight is 522 g/mol. The molecule has 0 radical (unpaired) electrons. The van der Waals surface area contributed by atoms with Gasteiger partial charge in [0.1, 0.15) is 12.6 Å². The summed E-state index contributed by atoms with van der Waals surface area (Å²) in [5.74, 6) is -0.702. The highest BCUT2D eigenvalue weighted by Crippen LogP contribution is 2.27. The zero-order valence-electron chi connectivity index (χ0n) is 21.2. The number of benzene rings is 2. The topological polar surface area (TPSA) is 86.8 Å². The van der Waals surface area contributed by atoms with Crippen molar-refractivity contribution < 1.29 is 18.0 Å². The van der Waals surface area contributed by atoms with Gasteiger partial charge in [0.2, 0.25) is 21.8 Å². The summed E-state index contributed by atoms with van der Waals surface area (Å²) in [7, 11) is -3.77. The van der Waals surface area contributed by atoms with Crippen LogP contribution in [0.1, 0.15) is 49.8 Å².